The van der Waals surface area contributed by atoms with E-state index in [2.05, 4.69) is 0 Å². The first-order valence-corrected chi connectivity index (χ1v) is 8.69. The minimum Gasteiger partial charge on any atom is -0.497 e. The summed E-state index contributed by atoms with van der Waals surface area (Å²) in [6.45, 7) is -0.0123. The predicted molar refractivity (Wildman–Crippen MR) is 97.2 cm³/mol. The summed E-state index contributed by atoms with van der Waals surface area (Å²) < 4.78 is 23.9. The lowest BCUT2D eigenvalue weighted by Crippen LogP contribution is -2.37. The number of hydrogen-bond donors (Lipinski definition) is 0. The Morgan fingerprint density at radius 3 is 2.59 bits per heavy atom. The number of carbonyl (C=O) groups is 2. The highest BCUT2D eigenvalue weighted by atomic mass is 35.5. The third-order valence-corrected chi connectivity index (χ3v) is 5.09. The largest absolute Gasteiger partial charge is 0.497 e. The number of rotatable bonds is 3. The van der Waals surface area contributed by atoms with Crippen molar-refractivity contribution in [2.75, 3.05) is 18.6 Å². The summed E-state index contributed by atoms with van der Waals surface area (Å²) in [5.41, 5.74) is 2.15. The Balaban J connectivity index is 1.79. The highest BCUT2D eigenvalue weighted by Crippen LogP contribution is 2.42. The molecule has 1 atom stereocenters. The molecule has 0 saturated carbocycles. The number of cyclic esters (lactones) is 1. The topological polar surface area (TPSA) is 55.8 Å². The summed E-state index contributed by atoms with van der Waals surface area (Å²) in [5, 5.41) is -0.0926. The van der Waals surface area contributed by atoms with Gasteiger partial charge in [0, 0.05) is 12.3 Å². The fourth-order valence-corrected chi connectivity index (χ4v) is 3.67. The van der Waals surface area contributed by atoms with E-state index in [0.717, 1.165) is 5.56 Å². The zero-order valence-corrected chi connectivity index (χ0v) is 15.1. The van der Waals surface area contributed by atoms with Gasteiger partial charge in [-0.1, -0.05) is 23.7 Å². The number of nitrogens with zero attached hydrogens (tertiary/aromatic N) is 1. The molecule has 2 aromatic rings. The van der Waals surface area contributed by atoms with Gasteiger partial charge in [0.15, 0.2) is 0 Å². The molecule has 1 amide bonds. The number of ether oxygens (including phenoxy) is 2. The summed E-state index contributed by atoms with van der Waals surface area (Å²) in [5.74, 6) is -0.951. The molecule has 7 heteroatoms. The molecule has 2 aliphatic heterocycles. The maximum Gasteiger partial charge on any atom is 0.336 e. The molecule has 2 aliphatic rings. The van der Waals surface area contributed by atoms with E-state index in [1.807, 2.05) is 12.1 Å². The van der Waals surface area contributed by atoms with Crippen LogP contribution < -0.4 is 9.64 Å². The lowest BCUT2D eigenvalue weighted by atomic mass is 9.84. The summed E-state index contributed by atoms with van der Waals surface area (Å²) in [6, 6.07) is 11.3. The Labute approximate surface area is 159 Å². The van der Waals surface area contributed by atoms with Crippen LogP contribution in [-0.4, -0.2) is 25.6 Å². The van der Waals surface area contributed by atoms with Crippen LogP contribution in [0.25, 0.3) is 0 Å². The van der Waals surface area contributed by atoms with Gasteiger partial charge in [0.2, 0.25) is 5.91 Å². The lowest BCUT2D eigenvalue weighted by molar-refractivity contribution is -0.136. The van der Waals surface area contributed by atoms with Gasteiger partial charge in [0.05, 0.1) is 29.1 Å². The molecule has 0 fully saturated rings. The van der Waals surface area contributed by atoms with Crippen molar-refractivity contribution >= 4 is 29.2 Å². The van der Waals surface area contributed by atoms with Gasteiger partial charge in [0.25, 0.3) is 0 Å². The second-order valence-corrected chi connectivity index (χ2v) is 6.70. The molecule has 0 aliphatic carbocycles. The molecular weight excluding hydrogens is 373 g/mol. The number of hydrogen-bond acceptors (Lipinski definition) is 4. The van der Waals surface area contributed by atoms with Crippen molar-refractivity contribution in [1.29, 1.82) is 0 Å². The Hall–Kier alpha value is -2.86. The molecule has 0 radical (unpaired) electrons. The van der Waals surface area contributed by atoms with Gasteiger partial charge < -0.3 is 9.47 Å². The molecular formula is C20H15ClFNO4. The van der Waals surface area contributed by atoms with E-state index >= 15 is 0 Å². The molecule has 27 heavy (non-hydrogen) atoms. The van der Waals surface area contributed by atoms with Crippen molar-refractivity contribution in [2.45, 2.75) is 12.3 Å². The van der Waals surface area contributed by atoms with Crippen molar-refractivity contribution in [3.63, 3.8) is 0 Å². The van der Waals surface area contributed by atoms with Crippen LogP contribution in [-0.2, 0) is 14.3 Å². The minimum atomic E-state index is -0.575. The molecule has 2 aromatic carbocycles. The maximum absolute atomic E-state index is 13.5. The van der Waals surface area contributed by atoms with E-state index in [-0.39, 0.29) is 24.0 Å². The van der Waals surface area contributed by atoms with E-state index in [0.29, 0.717) is 22.7 Å². The SMILES string of the molecule is COc1ccc([C@H]2CC(=O)N(c3ccc(F)c(Cl)c3)C3=C2C(=O)OC3)cc1. The second kappa shape index (κ2) is 6.70. The lowest BCUT2D eigenvalue weighted by Gasteiger charge is -2.32. The average molecular weight is 388 g/mol. The third kappa shape index (κ3) is 2.96. The number of esters is 1. The zero-order chi connectivity index (χ0) is 19.1. The van der Waals surface area contributed by atoms with Crippen molar-refractivity contribution in [3.05, 3.63) is 70.1 Å². The zero-order valence-electron chi connectivity index (χ0n) is 14.4. The first-order chi connectivity index (χ1) is 13.0. The standard InChI is InChI=1S/C20H15ClFNO4/c1-26-13-5-2-11(3-6-13)14-9-18(24)23(17-10-27-20(25)19(14)17)12-4-7-16(22)15(21)8-12/h2-8,14H,9-10H2,1H3/t14-/m1/s1. The van der Waals surface area contributed by atoms with Crippen LogP contribution in [0.4, 0.5) is 10.1 Å². The van der Waals surface area contributed by atoms with Crippen LogP contribution in [0.2, 0.25) is 5.02 Å². The Kier molecular flexibility index (Phi) is 4.36. The van der Waals surface area contributed by atoms with E-state index in [1.165, 1.54) is 23.1 Å². The molecule has 0 aromatic heterocycles. The van der Waals surface area contributed by atoms with Crippen LogP contribution in [0, 0.1) is 5.82 Å². The molecule has 5 nitrogen and oxygen atoms in total. The van der Waals surface area contributed by atoms with Gasteiger partial charge in [0.1, 0.15) is 18.2 Å². The predicted octanol–water partition coefficient (Wildman–Crippen LogP) is 3.82. The Morgan fingerprint density at radius 1 is 1.19 bits per heavy atom. The quantitative estimate of drug-likeness (QED) is 0.751. The van der Waals surface area contributed by atoms with E-state index in [1.54, 1.807) is 19.2 Å². The molecule has 0 unspecified atom stereocenters. The first-order valence-electron chi connectivity index (χ1n) is 8.31. The minimum absolute atomic E-state index is 0.0123. The smallest absolute Gasteiger partial charge is 0.336 e. The highest BCUT2D eigenvalue weighted by Gasteiger charge is 2.43. The van der Waals surface area contributed by atoms with Crippen LogP contribution in [0.15, 0.2) is 53.7 Å². The van der Waals surface area contributed by atoms with E-state index in [4.69, 9.17) is 21.1 Å². The van der Waals surface area contributed by atoms with Crippen LogP contribution >= 0.6 is 11.6 Å². The number of methoxy groups -OCH3 is 1. The molecule has 0 saturated heterocycles. The van der Waals surface area contributed by atoms with Crippen LogP contribution in [0.1, 0.15) is 17.9 Å². The van der Waals surface area contributed by atoms with Gasteiger partial charge in [-0.2, -0.15) is 0 Å². The molecule has 138 valence electrons. The normalized spacial score (nSPS) is 19.2. The van der Waals surface area contributed by atoms with E-state index < -0.39 is 17.7 Å². The van der Waals surface area contributed by atoms with E-state index in [9.17, 15) is 14.0 Å². The van der Waals surface area contributed by atoms with Crippen LogP contribution in [0.3, 0.4) is 0 Å². The fourth-order valence-electron chi connectivity index (χ4n) is 3.50. The van der Waals surface area contributed by atoms with Gasteiger partial charge in [-0.15, -0.1) is 0 Å². The van der Waals surface area contributed by atoms with Crippen molar-refractivity contribution in [3.8, 4) is 5.75 Å². The average Bonchev–Trinajstić information content (AvgIpc) is 3.05. The van der Waals surface area contributed by atoms with Gasteiger partial charge >= 0.3 is 5.97 Å². The van der Waals surface area contributed by atoms with Gasteiger partial charge in [-0.25, -0.2) is 9.18 Å². The van der Waals surface area contributed by atoms with Gasteiger partial charge in [-0.3, -0.25) is 9.69 Å². The molecule has 0 N–H and O–H groups in total. The number of benzene rings is 2. The molecule has 2 heterocycles. The van der Waals surface area contributed by atoms with Crippen molar-refractivity contribution in [2.24, 2.45) is 0 Å². The van der Waals surface area contributed by atoms with Crippen molar-refractivity contribution < 1.29 is 23.5 Å². The maximum atomic E-state index is 13.5. The van der Waals surface area contributed by atoms with Crippen molar-refractivity contribution in [1.82, 2.24) is 0 Å². The number of anilines is 1. The first kappa shape index (κ1) is 17.5. The number of carbonyl (C=O) groups excluding carboxylic acids is 2. The summed E-state index contributed by atoms with van der Waals surface area (Å²) in [4.78, 5) is 26.7. The Bertz CT molecular complexity index is 970. The third-order valence-electron chi connectivity index (χ3n) is 4.80. The highest BCUT2D eigenvalue weighted by molar-refractivity contribution is 6.31. The second-order valence-electron chi connectivity index (χ2n) is 6.29. The summed E-state index contributed by atoms with van der Waals surface area (Å²) in [7, 11) is 1.57. The number of amides is 1. The van der Waals surface area contributed by atoms with Gasteiger partial charge in [-0.05, 0) is 35.9 Å². The molecule has 0 bridgehead atoms. The monoisotopic (exact) mass is 387 g/mol. The Morgan fingerprint density at radius 2 is 1.93 bits per heavy atom. The number of halogens is 2. The molecule has 4 rings (SSSR count). The van der Waals surface area contributed by atoms with Crippen LogP contribution in [0.5, 0.6) is 5.75 Å². The fraction of sp³-hybridized carbons (Fsp3) is 0.200. The summed E-state index contributed by atoms with van der Waals surface area (Å²) in [6.07, 6.45) is 0.0925. The molecule has 0 spiro atoms. The summed E-state index contributed by atoms with van der Waals surface area (Å²) >= 11 is 5.87.